The summed E-state index contributed by atoms with van der Waals surface area (Å²) in [5.74, 6) is -2.53. The Morgan fingerprint density at radius 3 is 2.21 bits per heavy atom. The van der Waals surface area contributed by atoms with Crippen molar-refractivity contribution in [2.45, 2.75) is 6.92 Å². The van der Waals surface area contributed by atoms with Gasteiger partial charge >= 0.3 is 11.9 Å². The van der Waals surface area contributed by atoms with Gasteiger partial charge in [-0.1, -0.05) is 29.8 Å². The number of fused-ring (bicyclic) bond motifs is 1. The number of aromatic carboxylic acids is 2. The van der Waals surface area contributed by atoms with Crippen molar-refractivity contribution in [3.8, 4) is 16.9 Å². The number of hydrogen-bond donors (Lipinski definition) is 3. The minimum Gasteiger partial charge on any atom is -0.477 e. The average molecular weight is 390 g/mol. The van der Waals surface area contributed by atoms with Crippen LogP contribution in [0.15, 0.2) is 42.7 Å². The average Bonchev–Trinajstić information content (AvgIpc) is 3.09. The van der Waals surface area contributed by atoms with Gasteiger partial charge in [-0.15, -0.1) is 0 Å². The zero-order valence-electron chi connectivity index (χ0n) is 15.1. The van der Waals surface area contributed by atoms with Gasteiger partial charge in [-0.05, 0) is 19.1 Å². The number of carboxylic acid groups (broad SMARTS) is 2. The first kappa shape index (κ1) is 18.0. The third-order valence-corrected chi connectivity index (χ3v) is 4.31. The molecule has 0 fully saturated rings. The van der Waals surface area contributed by atoms with Crippen LogP contribution in [0.5, 0.6) is 0 Å². The molecule has 0 atom stereocenters. The zero-order valence-corrected chi connectivity index (χ0v) is 15.1. The smallest absolute Gasteiger partial charge is 0.354 e. The van der Waals surface area contributed by atoms with Gasteiger partial charge in [0.25, 0.3) is 0 Å². The number of pyridine rings is 1. The lowest BCUT2D eigenvalue weighted by Crippen LogP contribution is -2.10. The summed E-state index contributed by atoms with van der Waals surface area (Å²) in [6.07, 6.45) is 1.26. The van der Waals surface area contributed by atoms with Gasteiger partial charge in [-0.2, -0.15) is 5.10 Å². The van der Waals surface area contributed by atoms with Gasteiger partial charge in [0.2, 0.25) is 0 Å². The summed E-state index contributed by atoms with van der Waals surface area (Å²) >= 11 is 0. The standard InChI is InChI=1S/C19H14N6O4/c1-9-2-4-10(5-3-9)15-14-16(20)21-8-22-17(14)25(24-15)11-6-12(18(26)27)23-13(7-11)19(28)29/h2-8H,1H3,(H,26,27)(H,28,29)(H2,20,21,22). The number of carbonyl (C=O) groups is 2. The third kappa shape index (κ3) is 3.12. The van der Waals surface area contributed by atoms with Gasteiger partial charge in [0, 0.05) is 5.56 Å². The van der Waals surface area contributed by atoms with E-state index in [1.807, 2.05) is 31.2 Å². The summed E-state index contributed by atoms with van der Waals surface area (Å²) in [7, 11) is 0. The highest BCUT2D eigenvalue weighted by molar-refractivity contribution is 5.99. The summed E-state index contributed by atoms with van der Waals surface area (Å²) in [6, 6.07) is 10.0. The third-order valence-electron chi connectivity index (χ3n) is 4.31. The molecule has 10 heteroatoms. The first-order chi connectivity index (χ1) is 13.8. The number of nitrogens with zero attached hydrogens (tertiary/aromatic N) is 5. The van der Waals surface area contributed by atoms with Gasteiger partial charge < -0.3 is 15.9 Å². The van der Waals surface area contributed by atoms with E-state index in [4.69, 9.17) is 5.73 Å². The predicted molar refractivity (Wildman–Crippen MR) is 103 cm³/mol. The molecule has 10 nitrogen and oxygen atoms in total. The van der Waals surface area contributed by atoms with Crippen molar-refractivity contribution in [2.24, 2.45) is 0 Å². The van der Waals surface area contributed by atoms with E-state index in [0.717, 1.165) is 11.1 Å². The Hall–Kier alpha value is -4.34. The molecule has 1 aromatic carbocycles. The number of carboxylic acids is 2. The molecule has 4 aromatic rings. The van der Waals surface area contributed by atoms with E-state index >= 15 is 0 Å². The molecule has 3 aromatic heterocycles. The largest absolute Gasteiger partial charge is 0.477 e. The fraction of sp³-hybridized carbons (Fsp3) is 0.0526. The van der Waals surface area contributed by atoms with E-state index in [1.54, 1.807) is 0 Å². The van der Waals surface area contributed by atoms with Crippen molar-refractivity contribution in [1.82, 2.24) is 24.7 Å². The Kier molecular flexibility index (Phi) is 4.15. The highest BCUT2D eigenvalue weighted by Gasteiger charge is 2.21. The fourth-order valence-electron chi connectivity index (χ4n) is 2.93. The molecular weight excluding hydrogens is 376 g/mol. The zero-order chi connectivity index (χ0) is 20.7. The summed E-state index contributed by atoms with van der Waals surface area (Å²) in [4.78, 5) is 34.7. The first-order valence-electron chi connectivity index (χ1n) is 8.40. The number of nitrogens with two attached hydrogens (primary N) is 1. The van der Waals surface area contributed by atoms with Crippen LogP contribution in [0.2, 0.25) is 0 Å². The summed E-state index contributed by atoms with van der Waals surface area (Å²) < 4.78 is 1.34. The normalized spacial score (nSPS) is 10.9. The lowest BCUT2D eigenvalue weighted by Gasteiger charge is -2.06. The molecule has 0 saturated heterocycles. The van der Waals surface area contributed by atoms with E-state index in [9.17, 15) is 19.8 Å². The van der Waals surface area contributed by atoms with Gasteiger partial charge in [0.15, 0.2) is 17.0 Å². The van der Waals surface area contributed by atoms with E-state index in [0.29, 0.717) is 16.7 Å². The summed E-state index contributed by atoms with van der Waals surface area (Å²) in [5, 5.41) is 23.6. The maximum atomic E-state index is 11.4. The molecule has 0 amide bonds. The Morgan fingerprint density at radius 1 is 1.00 bits per heavy atom. The highest BCUT2D eigenvalue weighted by atomic mass is 16.4. The Morgan fingerprint density at radius 2 is 1.62 bits per heavy atom. The van der Waals surface area contributed by atoms with Crippen LogP contribution in [-0.2, 0) is 0 Å². The molecule has 0 radical (unpaired) electrons. The Balaban J connectivity index is 2.03. The van der Waals surface area contributed by atoms with Crippen molar-refractivity contribution in [2.75, 3.05) is 5.73 Å². The summed E-state index contributed by atoms with van der Waals surface area (Å²) in [5.41, 5.74) is 8.01. The van der Waals surface area contributed by atoms with Crippen LogP contribution in [0.1, 0.15) is 26.5 Å². The van der Waals surface area contributed by atoms with Gasteiger partial charge in [0.05, 0.1) is 11.1 Å². The second-order valence-corrected chi connectivity index (χ2v) is 6.29. The SMILES string of the molecule is Cc1ccc(-c2nn(-c3cc(C(=O)O)nc(C(=O)O)c3)c3ncnc(N)c23)cc1. The number of hydrogen-bond acceptors (Lipinski definition) is 7. The van der Waals surface area contributed by atoms with E-state index in [2.05, 4.69) is 20.1 Å². The van der Waals surface area contributed by atoms with Gasteiger partial charge in [-0.3, -0.25) is 0 Å². The summed E-state index contributed by atoms with van der Waals surface area (Å²) in [6.45, 7) is 1.95. The molecule has 0 spiro atoms. The number of aromatic nitrogens is 5. The van der Waals surface area contributed by atoms with Gasteiger partial charge in [-0.25, -0.2) is 29.2 Å². The van der Waals surface area contributed by atoms with E-state index in [-0.39, 0.29) is 11.5 Å². The van der Waals surface area contributed by atoms with Gasteiger partial charge in [0.1, 0.15) is 17.8 Å². The van der Waals surface area contributed by atoms with Crippen molar-refractivity contribution < 1.29 is 19.8 Å². The molecule has 0 unspecified atom stereocenters. The molecule has 0 bridgehead atoms. The number of anilines is 1. The first-order valence-corrected chi connectivity index (χ1v) is 8.40. The van der Waals surface area contributed by atoms with Crippen molar-refractivity contribution >= 4 is 28.8 Å². The number of aryl methyl sites for hydroxylation is 1. The van der Waals surface area contributed by atoms with Crippen molar-refractivity contribution in [1.29, 1.82) is 0 Å². The molecule has 4 rings (SSSR count). The van der Waals surface area contributed by atoms with Crippen LogP contribution >= 0.6 is 0 Å². The minimum absolute atomic E-state index is 0.177. The predicted octanol–water partition coefficient (Wildman–Crippen LogP) is 2.16. The van der Waals surface area contributed by atoms with Crippen molar-refractivity contribution in [3.05, 3.63) is 59.7 Å². The lowest BCUT2D eigenvalue weighted by atomic mass is 10.1. The molecule has 0 aliphatic carbocycles. The van der Waals surface area contributed by atoms with Crippen LogP contribution in [0.3, 0.4) is 0 Å². The second kappa shape index (κ2) is 6.68. The van der Waals surface area contributed by atoms with Crippen LogP contribution in [-0.4, -0.2) is 46.9 Å². The van der Waals surface area contributed by atoms with Crippen LogP contribution in [0.4, 0.5) is 5.82 Å². The van der Waals surface area contributed by atoms with E-state index in [1.165, 1.54) is 23.1 Å². The molecule has 0 aliphatic rings. The highest BCUT2D eigenvalue weighted by Crippen LogP contribution is 2.32. The minimum atomic E-state index is -1.36. The van der Waals surface area contributed by atoms with Crippen LogP contribution in [0.25, 0.3) is 28.0 Å². The quantitative estimate of drug-likeness (QED) is 0.475. The monoisotopic (exact) mass is 390 g/mol. The second-order valence-electron chi connectivity index (χ2n) is 6.29. The molecule has 0 aliphatic heterocycles. The van der Waals surface area contributed by atoms with E-state index < -0.39 is 23.3 Å². The Labute approximate surface area is 163 Å². The maximum Gasteiger partial charge on any atom is 0.354 e. The fourth-order valence-corrected chi connectivity index (χ4v) is 2.93. The Bertz CT molecular complexity index is 1250. The molecule has 29 heavy (non-hydrogen) atoms. The number of benzene rings is 1. The number of rotatable bonds is 4. The molecule has 144 valence electrons. The van der Waals surface area contributed by atoms with Crippen LogP contribution in [0, 0.1) is 6.92 Å². The maximum absolute atomic E-state index is 11.4. The lowest BCUT2D eigenvalue weighted by molar-refractivity contribution is 0.0685. The molecule has 4 N–H and O–H groups in total. The molecule has 3 heterocycles. The number of nitrogen functional groups attached to an aromatic ring is 1. The van der Waals surface area contributed by atoms with Crippen LogP contribution < -0.4 is 5.73 Å². The van der Waals surface area contributed by atoms with Crippen molar-refractivity contribution in [3.63, 3.8) is 0 Å². The topological polar surface area (TPSA) is 157 Å². The molecular formula is C19H14N6O4. The molecule has 0 saturated carbocycles.